The maximum atomic E-state index is 12.5. The molecule has 5 nitrogen and oxygen atoms in total. The van der Waals surface area contributed by atoms with Gasteiger partial charge in [-0.2, -0.15) is 0 Å². The summed E-state index contributed by atoms with van der Waals surface area (Å²) in [6, 6.07) is 7.54. The highest BCUT2D eigenvalue weighted by Crippen LogP contribution is 2.41. The molecule has 0 spiro atoms. The van der Waals surface area contributed by atoms with E-state index >= 15 is 0 Å². The summed E-state index contributed by atoms with van der Waals surface area (Å²) in [5, 5.41) is 9.83. The van der Waals surface area contributed by atoms with Gasteiger partial charge in [0, 0.05) is 6.54 Å². The van der Waals surface area contributed by atoms with Crippen LogP contribution in [0.4, 0.5) is 4.79 Å². The van der Waals surface area contributed by atoms with Crippen molar-refractivity contribution in [3.05, 3.63) is 35.4 Å². The Morgan fingerprint density at radius 2 is 1.80 bits per heavy atom. The number of carbonyl (C=O) groups excluding carboxylic acids is 1. The Kier molecular flexibility index (Phi) is 4.76. The van der Waals surface area contributed by atoms with Crippen molar-refractivity contribution in [3.8, 4) is 0 Å². The lowest BCUT2D eigenvalue weighted by Crippen LogP contribution is -2.44. The second-order valence-corrected chi connectivity index (χ2v) is 8.14. The number of hydrogen-bond donors (Lipinski definition) is 1. The highest BCUT2D eigenvalue weighted by Gasteiger charge is 2.41. The SMILES string of the molecule is CC(C)(C)OC(=O)N1CCC[C@H]1[C@@H](C(=O)O)c1ccc(C2CC2)cc1. The zero-order valence-electron chi connectivity index (χ0n) is 15.2. The molecule has 1 saturated heterocycles. The molecule has 2 aliphatic rings. The van der Waals surface area contributed by atoms with Gasteiger partial charge < -0.3 is 14.7 Å². The van der Waals surface area contributed by atoms with E-state index in [1.807, 2.05) is 45.0 Å². The van der Waals surface area contributed by atoms with Gasteiger partial charge in [-0.25, -0.2) is 4.79 Å². The second kappa shape index (κ2) is 6.70. The Bertz CT molecular complexity index is 643. The molecule has 1 amide bonds. The smallest absolute Gasteiger partial charge is 0.410 e. The summed E-state index contributed by atoms with van der Waals surface area (Å²) in [6.45, 7) is 6.01. The van der Waals surface area contributed by atoms with Crippen molar-refractivity contribution in [3.63, 3.8) is 0 Å². The van der Waals surface area contributed by atoms with Gasteiger partial charge in [0.1, 0.15) is 11.5 Å². The van der Waals surface area contributed by atoms with E-state index < -0.39 is 23.6 Å². The Labute approximate surface area is 149 Å². The van der Waals surface area contributed by atoms with Crippen molar-refractivity contribution in [2.24, 2.45) is 0 Å². The van der Waals surface area contributed by atoms with Crippen LogP contribution in [0.5, 0.6) is 0 Å². The normalized spacial score (nSPS) is 21.9. The summed E-state index contributed by atoms with van der Waals surface area (Å²) in [5.74, 6) is -0.968. The van der Waals surface area contributed by atoms with E-state index in [0.29, 0.717) is 18.9 Å². The van der Waals surface area contributed by atoms with E-state index in [-0.39, 0.29) is 6.04 Å². The van der Waals surface area contributed by atoms with Crippen LogP contribution >= 0.6 is 0 Å². The van der Waals surface area contributed by atoms with Crippen LogP contribution in [0, 0.1) is 0 Å². The summed E-state index contributed by atoms with van der Waals surface area (Å²) in [4.78, 5) is 26.1. The van der Waals surface area contributed by atoms with E-state index in [2.05, 4.69) is 0 Å². The average molecular weight is 345 g/mol. The zero-order chi connectivity index (χ0) is 18.2. The summed E-state index contributed by atoms with van der Waals surface area (Å²) in [6.07, 6.45) is 3.50. The molecule has 0 radical (unpaired) electrons. The Morgan fingerprint density at radius 3 is 2.32 bits per heavy atom. The Hall–Kier alpha value is -2.04. The molecule has 0 aromatic heterocycles. The number of ether oxygens (including phenoxy) is 1. The first kappa shape index (κ1) is 17.8. The van der Waals surface area contributed by atoms with Gasteiger partial charge >= 0.3 is 12.1 Å². The Morgan fingerprint density at radius 1 is 1.16 bits per heavy atom. The van der Waals surface area contributed by atoms with Gasteiger partial charge in [-0.15, -0.1) is 0 Å². The van der Waals surface area contributed by atoms with Crippen molar-refractivity contribution in [1.82, 2.24) is 4.90 Å². The van der Waals surface area contributed by atoms with Crippen LogP contribution in [0.3, 0.4) is 0 Å². The molecule has 1 heterocycles. The third-order valence-corrected chi connectivity index (χ3v) is 4.92. The fraction of sp³-hybridized carbons (Fsp3) is 0.600. The van der Waals surface area contributed by atoms with Crippen LogP contribution in [0.1, 0.15) is 69.4 Å². The minimum atomic E-state index is -0.889. The molecule has 1 aliphatic carbocycles. The molecule has 1 aromatic rings. The van der Waals surface area contributed by atoms with Crippen molar-refractivity contribution in [1.29, 1.82) is 0 Å². The van der Waals surface area contributed by atoms with Crippen molar-refractivity contribution in [2.45, 2.75) is 69.9 Å². The molecule has 3 rings (SSSR count). The number of hydrogen-bond acceptors (Lipinski definition) is 3. The van der Waals surface area contributed by atoms with Crippen LogP contribution in [-0.4, -0.2) is 40.3 Å². The number of carbonyl (C=O) groups is 2. The number of likely N-dealkylation sites (tertiary alicyclic amines) is 1. The molecule has 0 bridgehead atoms. The van der Waals surface area contributed by atoms with E-state index in [1.165, 1.54) is 18.4 Å². The number of benzene rings is 1. The van der Waals surface area contributed by atoms with Gasteiger partial charge in [0.2, 0.25) is 0 Å². The largest absolute Gasteiger partial charge is 0.481 e. The first-order chi connectivity index (χ1) is 11.8. The van der Waals surface area contributed by atoms with Gasteiger partial charge in [-0.05, 0) is 63.5 Å². The van der Waals surface area contributed by atoms with Crippen LogP contribution in [-0.2, 0) is 9.53 Å². The summed E-state index contributed by atoms with van der Waals surface area (Å²) in [7, 11) is 0. The molecule has 0 unspecified atom stereocenters. The molecule has 1 saturated carbocycles. The lowest BCUT2D eigenvalue weighted by molar-refractivity contribution is -0.140. The van der Waals surface area contributed by atoms with Gasteiger partial charge in [0.15, 0.2) is 0 Å². The number of carboxylic acid groups (broad SMARTS) is 1. The maximum absolute atomic E-state index is 12.5. The highest BCUT2D eigenvalue weighted by molar-refractivity contribution is 5.79. The molecule has 1 N–H and O–H groups in total. The van der Waals surface area contributed by atoms with Gasteiger partial charge in [0.25, 0.3) is 0 Å². The van der Waals surface area contributed by atoms with E-state index in [9.17, 15) is 14.7 Å². The first-order valence-electron chi connectivity index (χ1n) is 9.08. The van der Waals surface area contributed by atoms with Crippen LogP contribution < -0.4 is 0 Å². The maximum Gasteiger partial charge on any atom is 0.410 e. The van der Waals surface area contributed by atoms with E-state index in [0.717, 1.165) is 12.0 Å². The number of nitrogens with zero attached hydrogens (tertiary/aromatic N) is 1. The highest BCUT2D eigenvalue weighted by atomic mass is 16.6. The van der Waals surface area contributed by atoms with Crippen LogP contribution in [0.25, 0.3) is 0 Å². The topological polar surface area (TPSA) is 66.8 Å². The lowest BCUT2D eigenvalue weighted by Gasteiger charge is -2.31. The van der Waals surface area contributed by atoms with Gasteiger partial charge in [-0.1, -0.05) is 24.3 Å². The molecule has 2 atom stereocenters. The van der Waals surface area contributed by atoms with Crippen molar-refractivity contribution < 1.29 is 19.4 Å². The quantitative estimate of drug-likeness (QED) is 0.891. The molecule has 136 valence electrons. The van der Waals surface area contributed by atoms with Gasteiger partial charge in [-0.3, -0.25) is 4.79 Å². The monoisotopic (exact) mass is 345 g/mol. The number of amides is 1. The number of carboxylic acids is 1. The van der Waals surface area contributed by atoms with Crippen LogP contribution in [0.15, 0.2) is 24.3 Å². The molecular weight excluding hydrogens is 318 g/mol. The molecule has 2 fully saturated rings. The predicted octanol–water partition coefficient (Wildman–Crippen LogP) is 4.13. The summed E-state index contributed by atoms with van der Waals surface area (Å²) >= 11 is 0. The average Bonchev–Trinajstić information content (AvgIpc) is 3.25. The molecule has 1 aliphatic heterocycles. The first-order valence-corrected chi connectivity index (χ1v) is 9.08. The fourth-order valence-electron chi connectivity index (χ4n) is 3.61. The fourth-order valence-corrected chi connectivity index (χ4v) is 3.61. The minimum absolute atomic E-state index is 0.362. The zero-order valence-corrected chi connectivity index (χ0v) is 15.2. The second-order valence-electron chi connectivity index (χ2n) is 8.14. The molecule has 25 heavy (non-hydrogen) atoms. The van der Waals surface area contributed by atoms with E-state index in [1.54, 1.807) is 4.90 Å². The van der Waals surface area contributed by atoms with Crippen molar-refractivity contribution in [2.75, 3.05) is 6.54 Å². The minimum Gasteiger partial charge on any atom is -0.481 e. The number of aliphatic carboxylic acids is 1. The van der Waals surface area contributed by atoms with E-state index in [4.69, 9.17) is 4.74 Å². The van der Waals surface area contributed by atoms with Crippen molar-refractivity contribution >= 4 is 12.1 Å². The standard InChI is InChI=1S/C20H27NO4/c1-20(2,3)25-19(24)21-12-4-5-16(21)17(18(22)23)15-10-8-14(9-11-15)13-6-7-13/h8-11,13,16-17H,4-7,12H2,1-3H3,(H,22,23)/t16-,17-/m0/s1. The number of rotatable bonds is 4. The molecule has 1 aromatic carbocycles. The summed E-state index contributed by atoms with van der Waals surface area (Å²) < 4.78 is 5.47. The third kappa shape index (κ3) is 4.14. The lowest BCUT2D eigenvalue weighted by atomic mass is 9.89. The molecular formula is C20H27NO4. The molecule has 5 heteroatoms. The van der Waals surface area contributed by atoms with Crippen LogP contribution in [0.2, 0.25) is 0 Å². The Balaban J connectivity index is 1.81. The predicted molar refractivity (Wildman–Crippen MR) is 94.8 cm³/mol. The third-order valence-electron chi connectivity index (χ3n) is 4.92. The summed E-state index contributed by atoms with van der Waals surface area (Å²) in [5.41, 5.74) is 1.45. The van der Waals surface area contributed by atoms with Gasteiger partial charge in [0.05, 0.1) is 6.04 Å².